The van der Waals surface area contributed by atoms with Gasteiger partial charge < -0.3 is 9.30 Å². The van der Waals surface area contributed by atoms with Crippen molar-refractivity contribution in [3.8, 4) is 0 Å². The number of hydrogen-bond acceptors (Lipinski definition) is 6. The zero-order chi connectivity index (χ0) is 25.4. The number of fused-ring (bicyclic) bond motifs is 3. The summed E-state index contributed by atoms with van der Waals surface area (Å²) in [6.45, 7) is 4.32. The average Bonchev–Trinajstić information content (AvgIpc) is 3.10. The highest BCUT2D eigenvalue weighted by atomic mass is 32.2. The Morgan fingerprint density at radius 2 is 1.64 bits per heavy atom. The van der Waals surface area contributed by atoms with Crippen LogP contribution in [0.4, 0.5) is 0 Å². The van der Waals surface area contributed by atoms with E-state index in [4.69, 9.17) is 4.74 Å². The largest absolute Gasteiger partial charge is 0.459 e. The average molecular weight is 509 g/mol. The van der Waals surface area contributed by atoms with Crippen LogP contribution in [0.2, 0.25) is 0 Å². The van der Waals surface area contributed by atoms with E-state index in [9.17, 15) is 18.0 Å². The standard InChI is InChI=1S/C28H32N2O5S/c1-19(2)30-26-11-7-6-8-20(26)16-25(27(30)31)28(32)35-23-17-21-12-13-22(18-23)29(21)14-15-36(33,34)24-9-4-3-5-10-24/h3-11,16,19,21-23H,12-15,17-18H2,1-2H3. The van der Waals surface area contributed by atoms with Crippen LogP contribution in [0.1, 0.15) is 55.9 Å². The molecule has 2 aliphatic rings. The zero-order valence-electron chi connectivity index (χ0n) is 20.7. The minimum atomic E-state index is -3.35. The summed E-state index contributed by atoms with van der Waals surface area (Å²) < 4.78 is 33.0. The van der Waals surface area contributed by atoms with E-state index in [1.54, 1.807) is 41.0 Å². The number of carbonyl (C=O) groups is 1. The van der Waals surface area contributed by atoms with Crippen molar-refractivity contribution in [2.45, 2.75) is 68.7 Å². The highest BCUT2D eigenvalue weighted by Crippen LogP contribution is 2.37. The Kier molecular flexibility index (Phi) is 6.74. The number of para-hydroxylation sites is 1. The second kappa shape index (κ2) is 9.82. The lowest BCUT2D eigenvalue weighted by Crippen LogP contribution is -2.47. The number of nitrogens with zero attached hydrogens (tertiary/aromatic N) is 2. The molecule has 0 saturated carbocycles. The molecule has 2 saturated heterocycles. The van der Waals surface area contributed by atoms with Gasteiger partial charge in [-0.3, -0.25) is 9.69 Å². The van der Waals surface area contributed by atoms with Crippen molar-refractivity contribution in [1.82, 2.24) is 9.47 Å². The molecular formula is C28H32N2O5S. The Balaban J connectivity index is 1.28. The molecule has 3 heterocycles. The van der Waals surface area contributed by atoms with E-state index in [2.05, 4.69) is 4.90 Å². The summed E-state index contributed by atoms with van der Waals surface area (Å²) in [7, 11) is -3.35. The van der Waals surface area contributed by atoms with Gasteiger partial charge in [0.2, 0.25) is 0 Å². The van der Waals surface area contributed by atoms with Crippen molar-refractivity contribution in [1.29, 1.82) is 0 Å². The van der Waals surface area contributed by atoms with Crippen molar-refractivity contribution in [2.24, 2.45) is 0 Å². The number of pyridine rings is 1. The lowest BCUT2D eigenvalue weighted by Gasteiger charge is -2.38. The molecule has 0 spiro atoms. The molecule has 2 unspecified atom stereocenters. The van der Waals surface area contributed by atoms with Crippen LogP contribution < -0.4 is 5.56 Å². The van der Waals surface area contributed by atoms with E-state index in [1.165, 1.54) is 0 Å². The van der Waals surface area contributed by atoms with Crippen molar-refractivity contribution in [3.63, 3.8) is 0 Å². The van der Waals surface area contributed by atoms with Gasteiger partial charge >= 0.3 is 5.97 Å². The van der Waals surface area contributed by atoms with E-state index in [0.29, 0.717) is 24.3 Å². The van der Waals surface area contributed by atoms with Crippen LogP contribution in [0.3, 0.4) is 0 Å². The minimum Gasteiger partial charge on any atom is -0.459 e. The molecule has 36 heavy (non-hydrogen) atoms. The summed E-state index contributed by atoms with van der Waals surface area (Å²) in [4.78, 5) is 29.0. The van der Waals surface area contributed by atoms with Crippen LogP contribution in [0.5, 0.6) is 0 Å². The molecule has 2 aliphatic heterocycles. The number of piperidine rings is 1. The Hall–Kier alpha value is -2.97. The smallest absolute Gasteiger partial charge is 0.344 e. The third kappa shape index (κ3) is 4.72. The molecule has 7 nitrogen and oxygen atoms in total. The summed E-state index contributed by atoms with van der Waals surface area (Å²) in [5.41, 5.74) is 0.525. The van der Waals surface area contributed by atoms with Gasteiger partial charge in [-0.2, -0.15) is 0 Å². The maximum atomic E-state index is 13.2. The fraction of sp³-hybridized carbons (Fsp3) is 0.429. The molecule has 0 aliphatic carbocycles. The predicted molar refractivity (Wildman–Crippen MR) is 139 cm³/mol. The van der Waals surface area contributed by atoms with E-state index in [0.717, 1.165) is 23.7 Å². The van der Waals surface area contributed by atoms with E-state index >= 15 is 0 Å². The Morgan fingerprint density at radius 3 is 2.31 bits per heavy atom. The van der Waals surface area contributed by atoms with E-state index in [1.807, 2.05) is 38.1 Å². The summed E-state index contributed by atoms with van der Waals surface area (Å²) in [6.07, 6.45) is 2.94. The molecule has 2 atom stereocenters. The molecule has 2 fully saturated rings. The number of benzene rings is 2. The predicted octanol–water partition coefficient (Wildman–Crippen LogP) is 4.21. The van der Waals surface area contributed by atoms with Crippen molar-refractivity contribution in [3.05, 3.63) is 76.6 Å². The molecule has 2 bridgehead atoms. The topological polar surface area (TPSA) is 85.7 Å². The van der Waals surface area contributed by atoms with Gasteiger partial charge in [0.25, 0.3) is 5.56 Å². The Bertz CT molecular complexity index is 1420. The van der Waals surface area contributed by atoms with Crippen LogP contribution in [0.25, 0.3) is 10.9 Å². The lowest BCUT2D eigenvalue weighted by atomic mass is 9.99. The van der Waals surface area contributed by atoms with Crippen molar-refractivity contribution < 1.29 is 17.9 Å². The highest BCUT2D eigenvalue weighted by molar-refractivity contribution is 7.91. The highest BCUT2D eigenvalue weighted by Gasteiger charge is 2.42. The number of sulfone groups is 1. The van der Waals surface area contributed by atoms with Crippen LogP contribution in [-0.2, 0) is 14.6 Å². The summed E-state index contributed by atoms with van der Waals surface area (Å²) in [6, 6.07) is 18.0. The molecule has 3 aromatic rings. The maximum absolute atomic E-state index is 13.2. The number of hydrogen-bond donors (Lipinski definition) is 0. The van der Waals surface area contributed by atoms with Gasteiger partial charge in [-0.15, -0.1) is 0 Å². The van der Waals surface area contributed by atoms with Crippen LogP contribution in [-0.4, -0.2) is 54.3 Å². The third-order valence-electron chi connectivity index (χ3n) is 7.52. The summed E-state index contributed by atoms with van der Waals surface area (Å²) >= 11 is 0. The van der Waals surface area contributed by atoms with Gasteiger partial charge in [-0.1, -0.05) is 36.4 Å². The van der Waals surface area contributed by atoms with Crippen LogP contribution in [0, 0.1) is 0 Å². The first-order chi connectivity index (χ1) is 17.2. The lowest BCUT2D eigenvalue weighted by molar-refractivity contribution is -0.00479. The second-order valence-corrected chi connectivity index (χ2v) is 12.2. The first-order valence-corrected chi connectivity index (χ1v) is 14.3. The van der Waals surface area contributed by atoms with E-state index < -0.39 is 15.8 Å². The Labute approximate surface area is 211 Å². The zero-order valence-corrected chi connectivity index (χ0v) is 21.5. The van der Waals surface area contributed by atoms with Gasteiger partial charge in [0.15, 0.2) is 9.84 Å². The number of ether oxygens (including phenoxy) is 1. The van der Waals surface area contributed by atoms with Gasteiger partial charge in [0.1, 0.15) is 11.7 Å². The third-order valence-corrected chi connectivity index (χ3v) is 9.23. The SMILES string of the molecule is CC(C)n1c(=O)c(C(=O)OC2CC3CCC(C2)N3CCS(=O)(=O)c2ccccc2)cc2ccccc21. The van der Waals surface area contributed by atoms with Crippen molar-refractivity contribution >= 4 is 26.7 Å². The number of rotatable bonds is 7. The van der Waals surface area contributed by atoms with Gasteiger partial charge in [-0.05, 0) is 56.3 Å². The molecule has 0 N–H and O–H groups in total. The minimum absolute atomic E-state index is 0.0612. The first-order valence-electron chi connectivity index (χ1n) is 12.6. The first kappa shape index (κ1) is 24.7. The van der Waals surface area contributed by atoms with Crippen LogP contribution in [0.15, 0.2) is 70.4 Å². The number of carbonyl (C=O) groups excluding carboxylic acids is 1. The van der Waals surface area contributed by atoms with Gasteiger partial charge in [0.05, 0.1) is 16.2 Å². The maximum Gasteiger partial charge on any atom is 0.344 e. The number of aromatic nitrogens is 1. The quantitative estimate of drug-likeness (QED) is 0.445. The summed E-state index contributed by atoms with van der Waals surface area (Å²) in [5, 5.41) is 0.826. The molecule has 5 rings (SSSR count). The molecule has 1 aromatic heterocycles. The fourth-order valence-electron chi connectivity index (χ4n) is 5.82. The van der Waals surface area contributed by atoms with E-state index in [-0.39, 0.29) is 41.1 Å². The normalized spacial score (nSPS) is 22.2. The summed E-state index contributed by atoms with van der Waals surface area (Å²) in [5.74, 6) is -0.509. The fourth-order valence-corrected chi connectivity index (χ4v) is 7.07. The molecule has 190 valence electrons. The number of esters is 1. The molecule has 0 radical (unpaired) electrons. The van der Waals surface area contributed by atoms with Gasteiger partial charge in [0, 0.05) is 37.5 Å². The van der Waals surface area contributed by atoms with Gasteiger partial charge in [-0.25, -0.2) is 13.2 Å². The monoisotopic (exact) mass is 508 g/mol. The molecular weight excluding hydrogens is 476 g/mol. The molecule has 2 aromatic carbocycles. The van der Waals surface area contributed by atoms with Crippen LogP contribution >= 0.6 is 0 Å². The van der Waals surface area contributed by atoms with Crippen molar-refractivity contribution in [2.75, 3.05) is 12.3 Å². The molecule has 8 heteroatoms. The second-order valence-electron chi connectivity index (χ2n) is 10.1. The molecule has 0 amide bonds. The Morgan fingerprint density at radius 1 is 1.00 bits per heavy atom.